The number of nitrogens with two attached hydrogens (primary N) is 1. The minimum Gasteiger partial charge on any atom is -0.495 e. The summed E-state index contributed by atoms with van der Waals surface area (Å²) in [5, 5.41) is 0.270. The van der Waals surface area contributed by atoms with Gasteiger partial charge in [-0.3, -0.25) is 9.71 Å². The van der Waals surface area contributed by atoms with Gasteiger partial charge in [0.05, 0.1) is 12.8 Å². The van der Waals surface area contributed by atoms with Crippen molar-refractivity contribution in [2.45, 2.75) is 11.4 Å². The molecular formula is C13H14ClN3O3S. The summed E-state index contributed by atoms with van der Waals surface area (Å²) in [7, 11) is -2.47. The molecule has 3 N–H and O–H groups in total. The molecule has 0 aliphatic rings. The van der Waals surface area contributed by atoms with Gasteiger partial charge in [-0.25, -0.2) is 8.42 Å². The zero-order chi connectivity index (χ0) is 15.5. The van der Waals surface area contributed by atoms with E-state index in [0.717, 1.165) is 0 Å². The number of ether oxygens (including phenoxy) is 1. The van der Waals surface area contributed by atoms with Gasteiger partial charge in [0.25, 0.3) is 10.0 Å². The van der Waals surface area contributed by atoms with Crippen LogP contribution in [0.25, 0.3) is 0 Å². The molecule has 112 valence electrons. The highest BCUT2D eigenvalue weighted by Crippen LogP contribution is 2.32. The van der Waals surface area contributed by atoms with Gasteiger partial charge in [-0.1, -0.05) is 11.6 Å². The number of hydrogen-bond acceptors (Lipinski definition) is 5. The minimum atomic E-state index is -3.85. The second kappa shape index (κ2) is 6.30. The molecule has 0 spiro atoms. The van der Waals surface area contributed by atoms with Crippen molar-refractivity contribution in [1.82, 2.24) is 4.98 Å². The van der Waals surface area contributed by atoms with Crippen LogP contribution < -0.4 is 15.2 Å². The lowest BCUT2D eigenvalue weighted by atomic mass is 10.2. The van der Waals surface area contributed by atoms with Crippen LogP contribution >= 0.6 is 11.6 Å². The lowest BCUT2D eigenvalue weighted by molar-refractivity contribution is 0.398. The largest absolute Gasteiger partial charge is 0.495 e. The molecule has 0 amide bonds. The maximum Gasteiger partial charge on any atom is 0.265 e. The molecule has 0 unspecified atom stereocenters. The van der Waals surface area contributed by atoms with Crippen LogP contribution in [0.1, 0.15) is 5.56 Å². The number of nitrogens with one attached hydrogen (secondary N) is 1. The molecule has 1 aromatic carbocycles. The molecular weight excluding hydrogens is 314 g/mol. The highest BCUT2D eigenvalue weighted by atomic mass is 35.5. The van der Waals surface area contributed by atoms with Gasteiger partial charge in [-0.15, -0.1) is 0 Å². The molecule has 0 atom stereocenters. The van der Waals surface area contributed by atoms with E-state index in [1.807, 2.05) is 0 Å². The van der Waals surface area contributed by atoms with Gasteiger partial charge in [0, 0.05) is 29.5 Å². The van der Waals surface area contributed by atoms with E-state index in [4.69, 9.17) is 22.1 Å². The Labute approximate surface area is 128 Å². The SMILES string of the molecule is COc1c(CN)cc(Cl)cc1S(=O)(=O)Nc1ccncc1. The first-order valence-corrected chi connectivity index (χ1v) is 7.83. The van der Waals surface area contributed by atoms with Crippen LogP contribution in [-0.2, 0) is 16.6 Å². The zero-order valence-corrected chi connectivity index (χ0v) is 12.8. The summed E-state index contributed by atoms with van der Waals surface area (Å²) in [5.41, 5.74) is 6.50. The number of methoxy groups -OCH3 is 1. The Hall–Kier alpha value is -1.83. The van der Waals surface area contributed by atoms with E-state index >= 15 is 0 Å². The molecule has 0 radical (unpaired) electrons. The first kappa shape index (κ1) is 15.6. The van der Waals surface area contributed by atoms with Crippen LogP contribution in [0.5, 0.6) is 5.75 Å². The molecule has 2 aromatic rings. The predicted octanol–water partition coefficient (Wildman–Crippen LogP) is 2.00. The van der Waals surface area contributed by atoms with Gasteiger partial charge >= 0.3 is 0 Å². The van der Waals surface area contributed by atoms with E-state index in [1.165, 1.54) is 25.6 Å². The van der Waals surface area contributed by atoms with Crippen molar-refractivity contribution < 1.29 is 13.2 Å². The fraction of sp³-hybridized carbons (Fsp3) is 0.154. The summed E-state index contributed by atoms with van der Waals surface area (Å²) in [6.45, 7) is 0.113. The summed E-state index contributed by atoms with van der Waals surface area (Å²) >= 11 is 5.95. The third kappa shape index (κ3) is 3.44. The summed E-state index contributed by atoms with van der Waals surface area (Å²) in [6.07, 6.45) is 2.97. The normalized spacial score (nSPS) is 11.2. The molecule has 2 rings (SSSR count). The van der Waals surface area contributed by atoms with Crippen molar-refractivity contribution in [3.05, 3.63) is 47.2 Å². The van der Waals surface area contributed by atoms with Crippen molar-refractivity contribution in [3.63, 3.8) is 0 Å². The monoisotopic (exact) mass is 327 g/mol. The van der Waals surface area contributed by atoms with Gasteiger partial charge in [0.1, 0.15) is 10.6 Å². The number of aromatic nitrogens is 1. The van der Waals surface area contributed by atoms with Gasteiger partial charge in [-0.2, -0.15) is 0 Å². The van der Waals surface area contributed by atoms with Crippen molar-refractivity contribution in [2.75, 3.05) is 11.8 Å². The Morgan fingerprint density at radius 1 is 1.33 bits per heavy atom. The molecule has 1 aromatic heterocycles. The molecule has 0 fully saturated rings. The highest BCUT2D eigenvalue weighted by molar-refractivity contribution is 7.92. The van der Waals surface area contributed by atoms with Crippen LogP contribution in [0.15, 0.2) is 41.6 Å². The second-order valence-corrected chi connectivity index (χ2v) is 6.23. The first-order chi connectivity index (χ1) is 9.97. The average Bonchev–Trinajstić information content (AvgIpc) is 2.46. The number of anilines is 1. The van der Waals surface area contributed by atoms with Crippen molar-refractivity contribution >= 4 is 27.3 Å². The zero-order valence-electron chi connectivity index (χ0n) is 11.2. The van der Waals surface area contributed by atoms with Crippen LogP contribution in [0.2, 0.25) is 5.02 Å². The quantitative estimate of drug-likeness (QED) is 0.876. The number of rotatable bonds is 5. The number of hydrogen-bond donors (Lipinski definition) is 2. The number of sulfonamides is 1. The Morgan fingerprint density at radius 2 is 2.00 bits per heavy atom. The van der Waals surface area contributed by atoms with Crippen LogP contribution in [-0.4, -0.2) is 20.5 Å². The lowest BCUT2D eigenvalue weighted by Gasteiger charge is -2.15. The van der Waals surface area contributed by atoms with E-state index in [2.05, 4.69) is 9.71 Å². The van der Waals surface area contributed by atoms with Crippen LogP contribution in [0.3, 0.4) is 0 Å². The second-order valence-electron chi connectivity index (χ2n) is 4.14. The molecule has 8 heteroatoms. The lowest BCUT2D eigenvalue weighted by Crippen LogP contribution is -2.15. The number of halogens is 1. The smallest absolute Gasteiger partial charge is 0.265 e. The predicted molar refractivity (Wildman–Crippen MR) is 80.9 cm³/mol. The standard InChI is InChI=1S/C13H14ClN3O3S/c1-20-13-9(8-15)6-10(14)7-12(13)21(18,19)17-11-2-4-16-5-3-11/h2-7H,8,15H2,1H3,(H,16,17). The molecule has 0 aliphatic heterocycles. The molecule has 0 aliphatic carbocycles. The third-order valence-corrected chi connectivity index (χ3v) is 4.35. The molecule has 6 nitrogen and oxygen atoms in total. The van der Waals surface area contributed by atoms with E-state index in [1.54, 1.807) is 18.2 Å². The van der Waals surface area contributed by atoms with Gasteiger partial charge in [-0.05, 0) is 24.3 Å². The van der Waals surface area contributed by atoms with Gasteiger partial charge in [0.2, 0.25) is 0 Å². The Kier molecular flexibility index (Phi) is 4.66. The highest BCUT2D eigenvalue weighted by Gasteiger charge is 2.22. The molecule has 1 heterocycles. The summed E-state index contributed by atoms with van der Waals surface area (Å²) in [5.74, 6) is 0.184. The summed E-state index contributed by atoms with van der Waals surface area (Å²) < 4.78 is 32.6. The summed E-state index contributed by atoms with van der Waals surface area (Å²) in [6, 6.07) is 5.98. The topological polar surface area (TPSA) is 94.3 Å². The Morgan fingerprint density at radius 3 is 2.57 bits per heavy atom. The maximum atomic E-state index is 12.5. The van der Waals surface area contributed by atoms with Crippen molar-refractivity contribution in [1.29, 1.82) is 0 Å². The van der Waals surface area contributed by atoms with Crippen molar-refractivity contribution in [3.8, 4) is 5.75 Å². The van der Waals surface area contributed by atoms with Crippen LogP contribution in [0, 0.1) is 0 Å². The fourth-order valence-electron chi connectivity index (χ4n) is 1.84. The number of benzene rings is 1. The summed E-state index contributed by atoms with van der Waals surface area (Å²) in [4.78, 5) is 3.77. The van der Waals surface area contributed by atoms with E-state index < -0.39 is 10.0 Å². The third-order valence-electron chi connectivity index (χ3n) is 2.74. The van der Waals surface area contributed by atoms with Crippen LogP contribution in [0.4, 0.5) is 5.69 Å². The van der Waals surface area contributed by atoms with Crippen molar-refractivity contribution in [2.24, 2.45) is 5.73 Å². The van der Waals surface area contributed by atoms with E-state index in [9.17, 15) is 8.42 Å². The average molecular weight is 328 g/mol. The van der Waals surface area contributed by atoms with Gasteiger partial charge < -0.3 is 10.5 Å². The van der Waals surface area contributed by atoms with E-state index in [0.29, 0.717) is 11.3 Å². The van der Waals surface area contributed by atoms with Gasteiger partial charge in [0.15, 0.2) is 0 Å². The van der Waals surface area contributed by atoms with E-state index in [-0.39, 0.29) is 22.2 Å². The molecule has 21 heavy (non-hydrogen) atoms. The fourth-order valence-corrected chi connectivity index (χ4v) is 3.44. The first-order valence-electron chi connectivity index (χ1n) is 5.97. The Balaban J connectivity index is 2.51. The molecule has 0 saturated heterocycles. The minimum absolute atomic E-state index is 0.0604. The molecule has 0 bridgehead atoms. The number of nitrogens with zero attached hydrogens (tertiary/aromatic N) is 1. The molecule has 0 saturated carbocycles. The number of pyridine rings is 1. The maximum absolute atomic E-state index is 12.5. The Bertz CT molecular complexity index is 736.